The minimum atomic E-state index is -0.169. The van der Waals surface area contributed by atoms with Crippen molar-refractivity contribution in [1.82, 2.24) is 20.2 Å². The summed E-state index contributed by atoms with van der Waals surface area (Å²) >= 11 is 0. The van der Waals surface area contributed by atoms with Gasteiger partial charge in [-0.3, -0.25) is 9.59 Å². The molecule has 0 spiro atoms. The molecule has 0 saturated carbocycles. The zero-order chi connectivity index (χ0) is 17.8. The molecule has 25 heavy (non-hydrogen) atoms. The number of imidazole rings is 1. The van der Waals surface area contributed by atoms with Crippen LogP contribution in [0.2, 0.25) is 0 Å². The van der Waals surface area contributed by atoms with Crippen LogP contribution < -0.4 is 15.4 Å². The molecular weight excluding hydrogens is 320 g/mol. The van der Waals surface area contributed by atoms with E-state index in [1.807, 2.05) is 35.8 Å². The lowest BCUT2D eigenvalue weighted by Gasteiger charge is -2.27. The van der Waals surface area contributed by atoms with Crippen molar-refractivity contribution >= 4 is 11.8 Å². The Morgan fingerprint density at radius 3 is 2.84 bits per heavy atom. The molecule has 3 rings (SSSR count). The van der Waals surface area contributed by atoms with E-state index >= 15 is 0 Å². The summed E-state index contributed by atoms with van der Waals surface area (Å²) in [5.74, 6) is 1.24. The highest BCUT2D eigenvalue weighted by Gasteiger charge is 2.30. The zero-order valence-corrected chi connectivity index (χ0v) is 14.4. The molecule has 2 N–H and O–H groups in total. The van der Waals surface area contributed by atoms with Gasteiger partial charge >= 0.3 is 0 Å². The minimum Gasteiger partial charge on any atom is -0.497 e. The first-order chi connectivity index (χ1) is 12.1. The average Bonchev–Trinajstić information content (AvgIpc) is 3.08. The van der Waals surface area contributed by atoms with Gasteiger partial charge in [0.1, 0.15) is 17.3 Å². The van der Waals surface area contributed by atoms with Crippen LogP contribution in [0.15, 0.2) is 30.5 Å². The summed E-state index contributed by atoms with van der Waals surface area (Å²) in [6.07, 6.45) is 2.75. The van der Waals surface area contributed by atoms with Crippen LogP contribution in [0.3, 0.4) is 0 Å². The molecule has 7 nitrogen and oxygen atoms in total. The van der Waals surface area contributed by atoms with Crippen molar-refractivity contribution < 1.29 is 14.3 Å². The first-order valence-electron chi connectivity index (χ1n) is 8.40. The van der Waals surface area contributed by atoms with Crippen molar-refractivity contribution in [3.05, 3.63) is 36.2 Å². The second-order valence-corrected chi connectivity index (χ2v) is 5.98. The predicted molar refractivity (Wildman–Crippen MR) is 93.5 cm³/mol. The number of benzene rings is 1. The molecule has 1 aromatic carbocycles. The van der Waals surface area contributed by atoms with E-state index in [0.717, 1.165) is 17.7 Å². The van der Waals surface area contributed by atoms with Gasteiger partial charge in [-0.15, -0.1) is 0 Å². The highest BCUT2D eigenvalue weighted by Crippen LogP contribution is 2.29. The molecule has 1 aliphatic rings. The van der Waals surface area contributed by atoms with E-state index in [4.69, 9.17) is 4.74 Å². The summed E-state index contributed by atoms with van der Waals surface area (Å²) in [7, 11) is 1.61. The van der Waals surface area contributed by atoms with Gasteiger partial charge < -0.3 is 19.9 Å². The number of nitrogens with zero attached hydrogens (tertiary/aromatic N) is 2. The van der Waals surface area contributed by atoms with Gasteiger partial charge in [0.05, 0.1) is 19.3 Å². The maximum Gasteiger partial charge on any atom is 0.269 e. The summed E-state index contributed by atoms with van der Waals surface area (Å²) in [4.78, 5) is 28.7. The molecule has 0 fully saturated rings. The highest BCUT2D eigenvalue weighted by molar-refractivity contribution is 5.94. The Hall–Kier alpha value is -2.83. The number of fused-ring (bicyclic) bond motifs is 1. The van der Waals surface area contributed by atoms with Crippen LogP contribution in [-0.2, 0) is 4.79 Å². The Bertz CT molecular complexity index is 767. The van der Waals surface area contributed by atoms with Crippen molar-refractivity contribution in [2.24, 2.45) is 0 Å². The molecule has 2 amide bonds. The number of ether oxygens (including phenoxy) is 1. The fraction of sp³-hybridized carbons (Fsp3) is 0.389. The van der Waals surface area contributed by atoms with Crippen LogP contribution in [0.5, 0.6) is 5.75 Å². The first-order valence-corrected chi connectivity index (χ1v) is 8.40. The Labute approximate surface area is 146 Å². The third kappa shape index (κ3) is 3.50. The molecule has 1 atom stereocenters. The van der Waals surface area contributed by atoms with Crippen molar-refractivity contribution in [1.29, 1.82) is 0 Å². The van der Waals surface area contributed by atoms with Crippen LogP contribution in [0.4, 0.5) is 0 Å². The fourth-order valence-corrected chi connectivity index (χ4v) is 2.96. The van der Waals surface area contributed by atoms with Crippen LogP contribution in [0.25, 0.3) is 11.4 Å². The van der Waals surface area contributed by atoms with Gasteiger partial charge in [0.15, 0.2) is 0 Å². The Balaban J connectivity index is 1.91. The highest BCUT2D eigenvalue weighted by atomic mass is 16.5. The molecule has 0 bridgehead atoms. The van der Waals surface area contributed by atoms with Crippen LogP contribution in [0, 0.1) is 0 Å². The van der Waals surface area contributed by atoms with Crippen molar-refractivity contribution in [2.45, 2.75) is 25.8 Å². The van der Waals surface area contributed by atoms with E-state index in [1.54, 1.807) is 13.3 Å². The monoisotopic (exact) mass is 342 g/mol. The molecular formula is C18H22N4O3. The molecule has 0 saturated heterocycles. The number of hydrogen-bond donors (Lipinski definition) is 2. The topological polar surface area (TPSA) is 85.2 Å². The van der Waals surface area contributed by atoms with E-state index < -0.39 is 0 Å². The third-order valence-corrected chi connectivity index (χ3v) is 4.23. The quantitative estimate of drug-likeness (QED) is 0.838. The van der Waals surface area contributed by atoms with Gasteiger partial charge in [-0.25, -0.2) is 4.98 Å². The zero-order valence-electron chi connectivity index (χ0n) is 14.4. The van der Waals surface area contributed by atoms with Gasteiger partial charge in [0, 0.05) is 25.1 Å². The lowest BCUT2D eigenvalue weighted by Crippen LogP contribution is -2.41. The number of carbonyl (C=O) groups excluding carboxylic acids is 2. The van der Waals surface area contributed by atoms with E-state index in [2.05, 4.69) is 15.6 Å². The van der Waals surface area contributed by atoms with Crippen molar-refractivity contribution in [2.75, 3.05) is 20.2 Å². The summed E-state index contributed by atoms with van der Waals surface area (Å²) in [6, 6.07) is 7.33. The fourth-order valence-electron chi connectivity index (χ4n) is 2.96. The molecule has 7 heteroatoms. The van der Waals surface area contributed by atoms with E-state index in [0.29, 0.717) is 31.0 Å². The van der Waals surface area contributed by atoms with Gasteiger partial charge in [0.25, 0.3) is 5.91 Å². The maximum atomic E-state index is 12.1. The Morgan fingerprint density at radius 1 is 1.40 bits per heavy atom. The number of amides is 2. The molecule has 1 unspecified atom stereocenters. The van der Waals surface area contributed by atoms with E-state index in [9.17, 15) is 9.59 Å². The number of methoxy groups -OCH3 is 1. The molecule has 0 aliphatic carbocycles. The van der Waals surface area contributed by atoms with Crippen molar-refractivity contribution in [3.8, 4) is 17.1 Å². The van der Waals surface area contributed by atoms with Crippen LogP contribution >= 0.6 is 0 Å². The molecule has 1 aliphatic heterocycles. The van der Waals surface area contributed by atoms with Gasteiger partial charge in [-0.2, -0.15) is 0 Å². The lowest BCUT2D eigenvalue weighted by molar-refractivity contribution is -0.121. The molecule has 2 heterocycles. The number of rotatable bonds is 6. The number of aromatic nitrogens is 2. The Morgan fingerprint density at radius 2 is 2.16 bits per heavy atom. The van der Waals surface area contributed by atoms with Gasteiger partial charge in [0.2, 0.25) is 5.91 Å². The molecule has 132 valence electrons. The Kier molecular flexibility index (Phi) is 5.02. The predicted octanol–water partition coefficient (Wildman–Crippen LogP) is 1.76. The largest absolute Gasteiger partial charge is 0.497 e. The summed E-state index contributed by atoms with van der Waals surface area (Å²) < 4.78 is 7.05. The average molecular weight is 342 g/mol. The standard InChI is InChI=1S/C18H22N4O3/c1-3-8-19-16(23)9-13-10-21-18(24)15-11-20-17(22(13)15)12-4-6-14(25-2)7-5-12/h4-7,11,13H,3,8-10H2,1-2H3,(H,19,23)(H,21,24). The summed E-state index contributed by atoms with van der Waals surface area (Å²) in [5, 5.41) is 5.72. The normalized spacial score (nSPS) is 16.1. The number of carbonyl (C=O) groups is 2. The van der Waals surface area contributed by atoms with Gasteiger partial charge in [-0.1, -0.05) is 6.92 Å². The smallest absolute Gasteiger partial charge is 0.269 e. The first kappa shape index (κ1) is 17.0. The van der Waals surface area contributed by atoms with Gasteiger partial charge in [-0.05, 0) is 30.7 Å². The number of nitrogens with one attached hydrogen (secondary N) is 2. The molecule has 1 aromatic heterocycles. The summed E-state index contributed by atoms with van der Waals surface area (Å²) in [6.45, 7) is 3.07. The lowest BCUT2D eigenvalue weighted by atomic mass is 10.1. The minimum absolute atomic E-state index is 0.0247. The third-order valence-electron chi connectivity index (χ3n) is 4.23. The molecule has 2 aromatic rings. The second-order valence-electron chi connectivity index (χ2n) is 5.98. The van der Waals surface area contributed by atoms with E-state index in [1.165, 1.54) is 0 Å². The number of hydrogen-bond acceptors (Lipinski definition) is 4. The van der Waals surface area contributed by atoms with E-state index in [-0.39, 0.29) is 17.9 Å². The SMILES string of the molecule is CCCNC(=O)CC1CNC(=O)c2cnc(-c3ccc(OC)cc3)n21. The van der Waals surface area contributed by atoms with Crippen LogP contribution in [0.1, 0.15) is 36.3 Å². The maximum absolute atomic E-state index is 12.1. The van der Waals surface area contributed by atoms with Crippen molar-refractivity contribution in [3.63, 3.8) is 0 Å². The molecule has 0 radical (unpaired) electrons. The second kappa shape index (κ2) is 7.38. The van der Waals surface area contributed by atoms with Crippen LogP contribution in [-0.4, -0.2) is 41.6 Å². The summed E-state index contributed by atoms with van der Waals surface area (Å²) in [5.41, 5.74) is 1.35.